The summed E-state index contributed by atoms with van der Waals surface area (Å²) in [5.74, 6) is 0.870. The van der Waals surface area contributed by atoms with E-state index in [2.05, 4.69) is 47.9 Å². The summed E-state index contributed by atoms with van der Waals surface area (Å²) in [4.78, 5) is 12.4. The highest BCUT2D eigenvalue weighted by Gasteiger charge is 2.15. The minimum atomic E-state index is 0.0758. The van der Waals surface area contributed by atoms with Gasteiger partial charge >= 0.3 is 0 Å². The number of nitrogens with one attached hydrogen (secondary N) is 1. The first-order valence-corrected chi connectivity index (χ1v) is 6.46. The van der Waals surface area contributed by atoms with E-state index >= 15 is 0 Å². The Bertz CT molecular complexity index is 670. The van der Waals surface area contributed by atoms with Gasteiger partial charge in [0.25, 0.3) is 0 Å². The van der Waals surface area contributed by atoms with E-state index in [0.29, 0.717) is 0 Å². The predicted molar refractivity (Wildman–Crippen MR) is 78.0 cm³/mol. The summed E-state index contributed by atoms with van der Waals surface area (Å²) < 4.78 is 0. The maximum absolute atomic E-state index is 4.58. The third-order valence-corrected chi connectivity index (χ3v) is 3.19. The molecule has 0 aliphatic rings. The van der Waals surface area contributed by atoms with Crippen LogP contribution in [0.25, 0.3) is 22.4 Å². The molecule has 3 nitrogen and oxygen atoms in total. The van der Waals surface area contributed by atoms with E-state index in [0.717, 1.165) is 28.1 Å². The number of para-hydroxylation sites is 2. The van der Waals surface area contributed by atoms with E-state index in [1.807, 2.05) is 30.5 Å². The van der Waals surface area contributed by atoms with Gasteiger partial charge in [0.1, 0.15) is 5.82 Å². The van der Waals surface area contributed by atoms with Crippen molar-refractivity contribution in [2.45, 2.75) is 26.2 Å². The lowest BCUT2D eigenvalue weighted by Crippen LogP contribution is -2.12. The summed E-state index contributed by atoms with van der Waals surface area (Å²) in [5, 5.41) is 0. The molecule has 1 N–H and O–H groups in total. The first kappa shape index (κ1) is 11.9. The normalized spacial score (nSPS) is 11.9. The molecule has 0 unspecified atom stereocenters. The quantitative estimate of drug-likeness (QED) is 0.712. The number of H-pyrrole nitrogens is 1. The Labute approximate surface area is 112 Å². The third kappa shape index (κ3) is 2.24. The average molecular weight is 251 g/mol. The van der Waals surface area contributed by atoms with Crippen LogP contribution in [-0.2, 0) is 5.41 Å². The van der Waals surface area contributed by atoms with Crippen LogP contribution in [0.2, 0.25) is 0 Å². The smallest absolute Gasteiger partial charge is 0.140 e. The predicted octanol–water partition coefficient (Wildman–Crippen LogP) is 3.92. The molecule has 2 aromatic heterocycles. The van der Waals surface area contributed by atoms with Gasteiger partial charge in [0.2, 0.25) is 0 Å². The number of pyridine rings is 1. The van der Waals surface area contributed by atoms with E-state index in [4.69, 9.17) is 0 Å². The molecular formula is C16H17N3. The molecule has 3 aromatic rings. The third-order valence-electron chi connectivity index (χ3n) is 3.19. The summed E-state index contributed by atoms with van der Waals surface area (Å²) in [6.07, 6.45) is 1.89. The molecule has 0 saturated carbocycles. The molecule has 0 aliphatic heterocycles. The maximum atomic E-state index is 4.58. The first-order chi connectivity index (χ1) is 9.04. The van der Waals surface area contributed by atoms with Crippen molar-refractivity contribution >= 4 is 11.0 Å². The van der Waals surface area contributed by atoms with Crippen molar-refractivity contribution in [2.24, 2.45) is 0 Å². The zero-order chi connectivity index (χ0) is 13.5. The van der Waals surface area contributed by atoms with Crippen LogP contribution in [0.4, 0.5) is 0 Å². The molecule has 3 rings (SSSR count). The molecule has 0 radical (unpaired) electrons. The molecule has 19 heavy (non-hydrogen) atoms. The van der Waals surface area contributed by atoms with Gasteiger partial charge in [-0.05, 0) is 24.3 Å². The van der Waals surface area contributed by atoms with Gasteiger partial charge in [0, 0.05) is 22.9 Å². The van der Waals surface area contributed by atoms with Crippen molar-refractivity contribution in [3.05, 3.63) is 48.3 Å². The topological polar surface area (TPSA) is 41.6 Å². The van der Waals surface area contributed by atoms with Crippen molar-refractivity contribution < 1.29 is 0 Å². The minimum absolute atomic E-state index is 0.0758. The molecule has 1 aromatic carbocycles. The van der Waals surface area contributed by atoms with Crippen LogP contribution >= 0.6 is 0 Å². The fourth-order valence-corrected chi connectivity index (χ4v) is 2.07. The van der Waals surface area contributed by atoms with Gasteiger partial charge in [-0.3, -0.25) is 4.98 Å². The summed E-state index contributed by atoms with van der Waals surface area (Å²) >= 11 is 0. The molecule has 0 saturated heterocycles. The van der Waals surface area contributed by atoms with Crippen LogP contribution in [0, 0.1) is 0 Å². The highest BCUT2D eigenvalue weighted by molar-refractivity contribution is 5.79. The number of nitrogens with zero attached hydrogens (tertiary/aromatic N) is 2. The second kappa shape index (κ2) is 4.19. The van der Waals surface area contributed by atoms with Crippen LogP contribution < -0.4 is 0 Å². The van der Waals surface area contributed by atoms with Crippen molar-refractivity contribution in [2.75, 3.05) is 0 Å². The van der Waals surface area contributed by atoms with Gasteiger partial charge in [-0.2, -0.15) is 0 Å². The molecule has 0 amide bonds. The van der Waals surface area contributed by atoms with Crippen LogP contribution in [0.5, 0.6) is 0 Å². The zero-order valence-electron chi connectivity index (χ0n) is 11.4. The summed E-state index contributed by atoms with van der Waals surface area (Å²) in [6, 6.07) is 12.2. The number of fused-ring (bicyclic) bond motifs is 1. The second-order valence-electron chi connectivity index (χ2n) is 5.78. The largest absolute Gasteiger partial charge is 0.338 e. The van der Waals surface area contributed by atoms with Crippen molar-refractivity contribution in [1.29, 1.82) is 0 Å². The lowest BCUT2D eigenvalue weighted by atomic mass is 9.91. The van der Waals surface area contributed by atoms with Crippen molar-refractivity contribution in [1.82, 2.24) is 15.0 Å². The lowest BCUT2D eigenvalue weighted by Gasteiger charge is -2.17. The fourth-order valence-electron chi connectivity index (χ4n) is 2.07. The standard InChI is InChI=1S/C16H17N3/c1-16(2,3)14-9-8-11(10-17-14)15-18-12-6-4-5-7-13(12)19-15/h4-10H,1-3H3,(H,18,19). The monoisotopic (exact) mass is 251 g/mol. The number of hydrogen-bond acceptors (Lipinski definition) is 2. The number of aromatic amines is 1. The van der Waals surface area contributed by atoms with Gasteiger partial charge in [0.05, 0.1) is 11.0 Å². The zero-order valence-corrected chi connectivity index (χ0v) is 11.4. The summed E-state index contributed by atoms with van der Waals surface area (Å²) in [7, 11) is 0. The Balaban J connectivity index is 2.02. The van der Waals surface area contributed by atoms with Gasteiger partial charge in [0.15, 0.2) is 0 Å². The Hall–Kier alpha value is -2.16. The Morgan fingerprint density at radius 2 is 1.79 bits per heavy atom. The fraction of sp³-hybridized carbons (Fsp3) is 0.250. The number of aromatic nitrogens is 3. The highest BCUT2D eigenvalue weighted by Crippen LogP contribution is 2.23. The maximum Gasteiger partial charge on any atom is 0.140 e. The number of rotatable bonds is 1. The molecule has 3 heteroatoms. The van der Waals surface area contributed by atoms with E-state index in [1.165, 1.54) is 0 Å². The van der Waals surface area contributed by atoms with Crippen LogP contribution in [-0.4, -0.2) is 15.0 Å². The van der Waals surface area contributed by atoms with E-state index < -0.39 is 0 Å². The van der Waals surface area contributed by atoms with Gasteiger partial charge in [-0.15, -0.1) is 0 Å². The van der Waals surface area contributed by atoms with Gasteiger partial charge < -0.3 is 4.98 Å². The van der Waals surface area contributed by atoms with Gasteiger partial charge in [-0.1, -0.05) is 32.9 Å². The molecule has 0 aliphatic carbocycles. The molecule has 96 valence electrons. The first-order valence-electron chi connectivity index (χ1n) is 6.46. The molecule has 2 heterocycles. The van der Waals surface area contributed by atoms with E-state index in [9.17, 15) is 0 Å². The number of hydrogen-bond donors (Lipinski definition) is 1. The minimum Gasteiger partial charge on any atom is -0.338 e. The van der Waals surface area contributed by atoms with Crippen molar-refractivity contribution in [3.63, 3.8) is 0 Å². The van der Waals surface area contributed by atoms with Crippen LogP contribution in [0.1, 0.15) is 26.5 Å². The van der Waals surface area contributed by atoms with E-state index in [1.54, 1.807) is 0 Å². The molecule has 0 spiro atoms. The number of imidazole rings is 1. The van der Waals surface area contributed by atoms with Crippen LogP contribution in [0.15, 0.2) is 42.6 Å². The summed E-state index contributed by atoms with van der Waals surface area (Å²) in [5.41, 5.74) is 4.22. The van der Waals surface area contributed by atoms with Gasteiger partial charge in [-0.25, -0.2) is 4.98 Å². The van der Waals surface area contributed by atoms with Crippen molar-refractivity contribution in [3.8, 4) is 11.4 Å². The SMILES string of the molecule is CC(C)(C)c1ccc(-c2nc3ccccc3[nH]2)cn1. The Morgan fingerprint density at radius 1 is 1.00 bits per heavy atom. The Kier molecular flexibility index (Phi) is 2.63. The number of benzene rings is 1. The van der Waals surface area contributed by atoms with E-state index in [-0.39, 0.29) is 5.41 Å². The molecule has 0 fully saturated rings. The highest BCUT2D eigenvalue weighted by atomic mass is 14.9. The summed E-state index contributed by atoms with van der Waals surface area (Å²) in [6.45, 7) is 6.49. The second-order valence-corrected chi connectivity index (χ2v) is 5.78. The molecule has 0 atom stereocenters. The lowest BCUT2D eigenvalue weighted by molar-refractivity contribution is 0.569. The molecular weight excluding hydrogens is 234 g/mol. The molecule has 0 bridgehead atoms. The average Bonchev–Trinajstić information content (AvgIpc) is 2.81. The Morgan fingerprint density at radius 3 is 2.42 bits per heavy atom. The van der Waals surface area contributed by atoms with Crippen LogP contribution in [0.3, 0.4) is 0 Å².